The van der Waals surface area contributed by atoms with Gasteiger partial charge >= 0.3 is 33.6 Å². The van der Waals surface area contributed by atoms with Crippen LogP contribution in [0.25, 0.3) is 0 Å². The van der Waals surface area contributed by atoms with E-state index in [-0.39, 0.29) is 75.5 Å². The van der Waals surface area contributed by atoms with Crippen LogP contribution in [0.4, 0.5) is 4.79 Å². The highest BCUT2D eigenvalue weighted by molar-refractivity contribution is 7.47. The molecule has 2 unspecified atom stereocenters. The highest BCUT2D eigenvalue weighted by Crippen LogP contribution is 2.43. The van der Waals surface area contributed by atoms with Crippen molar-refractivity contribution in [3.8, 4) is 0 Å². The number of rotatable bonds is 30. The summed E-state index contributed by atoms with van der Waals surface area (Å²) in [6.07, 6.45) is 0.408. The number of phosphoric ester groups is 2. The van der Waals surface area contributed by atoms with Crippen molar-refractivity contribution in [1.29, 1.82) is 0 Å². The van der Waals surface area contributed by atoms with Crippen LogP contribution in [0, 0.1) is 0 Å². The zero-order valence-electron chi connectivity index (χ0n) is 34.4. The van der Waals surface area contributed by atoms with Gasteiger partial charge in [-0.3, -0.25) is 47.1 Å². The number of carbonyl (C=O) groups is 5. The van der Waals surface area contributed by atoms with Gasteiger partial charge in [-0.25, -0.2) is 13.9 Å². The van der Waals surface area contributed by atoms with E-state index < -0.39 is 58.9 Å². The molecule has 6 atom stereocenters. The number of urea groups is 1. The Hall–Kier alpha value is -2.71. The van der Waals surface area contributed by atoms with Gasteiger partial charge in [0.05, 0.1) is 38.5 Å². The SMILES string of the molecule is CC(=O)N[C@@H](COP(=O)(O)OCCNC(=O)NCCOP(=O)(O)OC[C@@H](CN(CC[C@@H](C)OC(C)=O)C(C)C)NC(C)=O)CN(CC[C@@H](C)OC(C)=O)C(C)C. The van der Waals surface area contributed by atoms with Gasteiger partial charge in [0.15, 0.2) is 0 Å². The summed E-state index contributed by atoms with van der Waals surface area (Å²) in [7, 11) is -9.18. The normalized spacial score (nSPS) is 16.0. The van der Waals surface area contributed by atoms with Crippen LogP contribution in [-0.4, -0.2) is 151 Å². The highest BCUT2D eigenvalue weighted by Gasteiger charge is 2.28. The van der Waals surface area contributed by atoms with Gasteiger partial charge in [0.25, 0.3) is 0 Å². The van der Waals surface area contributed by atoms with Crippen molar-refractivity contribution in [3.05, 3.63) is 0 Å². The predicted molar refractivity (Wildman–Crippen MR) is 205 cm³/mol. The second kappa shape index (κ2) is 27.8. The van der Waals surface area contributed by atoms with Crippen LogP contribution in [0.15, 0.2) is 0 Å². The van der Waals surface area contributed by atoms with E-state index in [1.165, 1.54) is 27.7 Å². The van der Waals surface area contributed by atoms with Crippen molar-refractivity contribution in [2.24, 2.45) is 0 Å². The van der Waals surface area contributed by atoms with Crippen LogP contribution in [0.1, 0.15) is 82.1 Å². The number of ether oxygens (including phenoxy) is 2. The van der Waals surface area contributed by atoms with Gasteiger partial charge in [-0.05, 0) is 54.4 Å². The molecule has 0 bridgehead atoms. The average Bonchev–Trinajstić information content (AvgIpc) is 3.05. The molecule has 21 nitrogen and oxygen atoms in total. The van der Waals surface area contributed by atoms with Gasteiger partial charge in [0.2, 0.25) is 11.8 Å². The number of nitrogens with one attached hydrogen (secondary N) is 4. The zero-order valence-corrected chi connectivity index (χ0v) is 36.2. The molecular formula is C33H66N6O15P2. The standard InChI is InChI=1S/C33H66N6O15P2/c1-23(2)38(15-11-25(5)53-29(9)42)19-31(36-27(7)40)21-51-55(45,46)49-17-13-34-33(44)35-14-18-50-56(47,48)52-22-32(37-28(8)41)20-39(24(3)4)16-12-26(6)54-30(10)43/h23-26,31-32H,11-22H2,1-10H3,(H,36,40)(H,37,41)(H,45,46)(H,47,48)(H2,34,35,44)/t25-,26-,31-,32-/m1/s1. The molecular weight excluding hydrogens is 782 g/mol. The molecule has 0 rings (SSSR count). The molecule has 0 aromatic carbocycles. The lowest BCUT2D eigenvalue weighted by Gasteiger charge is -2.31. The number of amides is 4. The van der Waals surface area contributed by atoms with Gasteiger partial charge in [0, 0.05) is 79.0 Å². The molecule has 0 aromatic heterocycles. The van der Waals surface area contributed by atoms with E-state index in [0.717, 1.165) is 0 Å². The molecule has 0 aliphatic heterocycles. The lowest BCUT2D eigenvalue weighted by molar-refractivity contribution is -0.146. The third kappa shape index (κ3) is 28.6. The number of phosphoric acid groups is 2. The largest absolute Gasteiger partial charge is 0.472 e. The summed E-state index contributed by atoms with van der Waals surface area (Å²) in [5.41, 5.74) is 0. The fourth-order valence-electron chi connectivity index (χ4n) is 5.08. The van der Waals surface area contributed by atoms with E-state index in [2.05, 4.69) is 21.3 Å². The molecule has 0 radical (unpaired) electrons. The van der Waals surface area contributed by atoms with Crippen LogP contribution in [0.2, 0.25) is 0 Å². The Labute approximate surface area is 330 Å². The Morgan fingerprint density at radius 2 is 0.929 bits per heavy atom. The van der Waals surface area contributed by atoms with Gasteiger partial charge < -0.3 is 40.5 Å². The quantitative estimate of drug-likeness (QED) is 0.0341. The van der Waals surface area contributed by atoms with Gasteiger partial charge in [0.1, 0.15) is 12.2 Å². The molecule has 23 heteroatoms. The summed E-state index contributed by atoms with van der Waals surface area (Å²) in [6.45, 7) is 16.2. The second-order valence-corrected chi connectivity index (χ2v) is 16.7. The lowest BCUT2D eigenvalue weighted by Crippen LogP contribution is -2.48. The fourth-order valence-corrected chi connectivity index (χ4v) is 6.61. The monoisotopic (exact) mass is 848 g/mol. The topological polar surface area (TPSA) is 270 Å². The number of carbonyl (C=O) groups excluding carboxylic acids is 5. The fraction of sp³-hybridized carbons (Fsp3) is 0.848. The minimum atomic E-state index is -4.59. The van der Waals surface area contributed by atoms with E-state index >= 15 is 0 Å². The Morgan fingerprint density at radius 3 is 1.21 bits per heavy atom. The number of hydrogen-bond donors (Lipinski definition) is 6. The highest BCUT2D eigenvalue weighted by atomic mass is 31.2. The minimum absolute atomic E-state index is 0.0288. The first-order valence-corrected chi connectivity index (χ1v) is 21.5. The Balaban J connectivity index is 4.75. The summed E-state index contributed by atoms with van der Waals surface area (Å²) in [5.74, 6) is -1.53. The Bertz CT molecular complexity index is 1220. The number of nitrogens with zero attached hydrogens (tertiary/aromatic N) is 2. The summed E-state index contributed by atoms with van der Waals surface area (Å²) in [5, 5.41) is 10.1. The van der Waals surface area contributed by atoms with E-state index in [1.54, 1.807) is 13.8 Å². The molecule has 6 N–H and O–H groups in total. The first kappa shape index (κ1) is 53.3. The van der Waals surface area contributed by atoms with Gasteiger partial charge in [-0.2, -0.15) is 0 Å². The van der Waals surface area contributed by atoms with Gasteiger partial charge in [-0.15, -0.1) is 0 Å². The molecule has 0 spiro atoms. The minimum Gasteiger partial charge on any atom is -0.463 e. The van der Waals surface area contributed by atoms with Crippen molar-refractivity contribution >= 4 is 45.4 Å². The third-order valence-electron chi connectivity index (χ3n) is 7.73. The Kier molecular flexibility index (Phi) is 26.5. The maximum absolute atomic E-state index is 12.5. The first-order valence-electron chi connectivity index (χ1n) is 18.5. The van der Waals surface area contributed by atoms with E-state index in [0.29, 0.717) is 25.9 Å². The predicted octanol–water partition coefficient (Wildman–Crippen LogP) is 1.67. The molecule has 56 heavy (non-hydrogen) atoms. The molecule has 0 aliphatic carbocycles. The number of esters is 2. The maximum Gasteiger partial charge on any atom is 0.472 e. The van der Waals surface area contributed by atoms with Crippen molar-refractivity contribution < 1.29 is 70.5 Å². The maximum atomic E-state index is 12.5. The third-order valence-corrected chi connectivity index (χ3v) is 9.70. The first-order chi connectivity index (χ1) is 25.9. The van der Waals surface area contributed by atoms with Crippen molar-refractivity contribution in [2.75, 3.05) is 65.7 Å². The van der Waals surface area contributed by atoms with E-state index in [4.69, 9.17) is 27.6 Å². The van der Waals surface area contributed by atoms with Crippen molar-refractivity contribution in [2.45, 2.75) is 118 Å². The average molecular weight is 849 g/mol. The molecule has 0 aromatic rings. The van der Waals surface area contributed by atoms with E-state index in [1.807, 2.05) is 37.5 Å². The van der Waals surface area contributed by atoms with Crippen LogP contribution in [-0.2, 0) is 55.9 Å². The summed E-state index contributed by atoms with van der Waals surface area (Å²) in [6, 6.07) is -2.03. The summed E-state index contributed by atoms with van der Waals surface area (Å²) >= 11 is 0. The molecule has 0 fully saturated rings. The second-order valence-electron chi connectivity index (χ2n) is 13.8. The molecule has 0 heterocycles. The molecule has 4 amide bonds. The molecule has 0 saturated heterocycles. The summed E-state index contributed by atoms with van der Waals surface area (Å²) < 4.78 is 55.4. The number of hydrogen-bond acceptors (Lipinski definition) is 15. The summed E-state index contributed by atoms with van der Waals surface area (Å²) in [4.78, 5) is 82.5. The van der Waals surface area contributed by atoms with Crippen LogP contribution >= 0.6 is 15.6 Å². The smallest absolute Gasteiger partial charge is 0.463 e. The molecule has 0 aliphatic rings. The van der Waals surface area contributed by atoms with Crippen molar-refractivity contribution in [3.63, 3.8) is 0 Å². The van der Waals surface area contributed by atoms with E-state index in [9.17, 15) is 42.9 Å². The zero-order chi connectivity index (χ0) is 43.1. The van der Waals surface area contributed by atoms with Gasteiger partial charge in [-0.1, -0.05) is 0 Å². The lowest BCUT2D eigenvalue weighted by atomic mass is 10.2. The van der Waals surface area contributed by atoms with Crippen molar-refractivity contribution in [1.82, 2.24) is 31.1 Å². The van der Waals surface area contributed by atoms with Crippen LogP contribution < -0.4 is 21.3 Å². The Morgan fingerprint density at radius 1 is 0.589 bits per heavy atom. The molecule has 328 valence electrons. The van der Waals surface area contributed by atoms with Crippen LogP contribution in [0.3, 0.4) is 0 Å². The molecule has 0 saturated carbocycles. The van der Waals surface area contributed by atoms with Crippen LogP contribution in [0.5, 0.6) is 0 Å².